The molecule has 3 rings (SSSR count). The molecule has 3 aromatic rings. The molecule has 0 aliphatic heterocycles. The molecule has 1 atom stereocenters. The topological polar surface area (TPSA) is 71.5 Å². The van der Waals surface area contributed by atoms with Gasteiger partial charge in [0.1, 0.15) is 0 Å². The summed E-state index contributed by atoms with van der Waals surface area (Å²) < 4.78 is 54.1. The van der Waals surface area contributed by atoms with Crippen LogP contribution in [0.15, 0.2) is 101 Å². The molecule has 0 amide bonds. The van der Waals surface area contributed by atoms with Gasteiger partial charge < -0.3 is 0 Å². The lowest BCUT2D eigenvalue weighted by atomic mass is 10.1. The van der Waals surface area contributed by atoms with Gasteiger partial charge in [-0.05, 0) is 49.6 Å². The molecule has 0 aliphatic carbocycles. The Bertz CT molecular complexity index is 1060. The molecule has 29 heavy (non-hydrogen) atoms. The second-order valence-electron chi connectivity index (χ2n) is 6.73. The molecule has 0 saturated heterocycles. The normalized spacial score (nSPS) is 13.3. The van der Waals surface area contributed by atoms with Crippen LogP contribution in [0.3, 0.4) is 0 Å². The summed E-state index contributed by atoms with van der Waals surface area (Å²) in [5.41, 5.74) is 1.02. The van der Waals surface area contributed by atoms with Crippen molar-refractivity contribution in [3.05, 3.63) is 96.6 Å². The van der Waals surface area contributed by atoms with Crippen LogP contribution in [-0.4, -0.2) is 26.6 Å². The molecule has 5 nitrogen and oxygen atoms in total. The lowest BCUT2D eigenvalue weighted by Crippen LogP contribution is -2.43. The Morgan fingerprint density at radius 2 is 1.03 bits per heavy atom. The summed E-state index contributed by atoms with van der Waals surface area (Å²) in [5, 5.41) is 0. The van der Waals surface area contributed by atoms with Crippen molar-refractivity contribution in [2.24, 2.45) is 0 Å². The smallest absolute Gasteiger partial charge is 0.206 e. The van der Waals surface area contributed by atoms with Gasteiger partial charge in [0.25, 0.3) is 20.0 Å². The zero-order valence-electron chi connectivity index (χ0n) is 16.0. The van der Waals surface area contributed by atoms with E-state index in [1.165, 1.54) is 24.3 Å². The second-order valence-corrected chi connectivity index (χ2v) is 10.6. The van der Waals surface area contributed by atoms with E-state index in [0.717, 1.165) is 5.56 Å². The summed E-state index contributed by atoms with van der Waals surface area (Å²) in [4.78, 5) is -0.0999. The third-order valence-corrected chi connectivity index (χ3v) is 9.19. The molecule has 0 fully saturated rings. The summed E-state index contributed by atoms with van der Waals surface area (Å²) in [6.45, 7) is 1.63. The van der Waals surface area contributed by atoms with E-state index >= 15 is 0 Å². The van der Waals surface area contributed by atoms with Gasteiger partial charge in [-0.25, -0.2) is 16.8 Å². The van der Waals surface area contributed by atoms with E-state index in [1.807, 2.05) is 30.3 Å². The summed E-state index contributed by atoms with van der Waals surface area (Å²) in [7, 11) is -8.53. The fraction of sp³-hybridized carbons (Fsp3) is 0.182. The Morgan fingerprint density at radius 1 is 0.655 bits per heavy atom. The highest BCUT2D eigenvalue weighted by atomic mass is 32.3. The molecule has 0 radical (unpaired) electrons. The molecule has 0 aromatic heterocycles. The van der Waals surface area contributed by atoms with Crippen LogP contribution < -0.4 is 0 Å². The first kappa shape index (κ1) is 21.2. The Labute approximate surface area is 172 Å². The molecule has 0 saturated carbocycles. The van der Waals surface area contributed by atoms with E-state index in [9.17, 15) is 16.8 Å². The third-order valence-electron chi connectivity index (χ3n) is 4.61. The van der Waals surface area contributed by atoms with E-state index in [-0.39, 0.29) is 9.79 Å². The first-order chi connectivity index (χ1) is 13.8. The van der Waals surface area contributed by atoms with Gasteiger partial charge in [-0.3, -0.25) is 0 Å². The molecule has 7 heteroatoms. The fourth-order valence-electron chi connectivity index (χ4n) is 3.12. The van der Waals surface area contributed by atoms with Gasteiger partial charge in [0.2, 0.25) is 0 Å². The maximum Gasteiger partial charge on any atom is 0.256 e. The zero-order chi connectivity index (χ0) is 20.9. The molecule has 3 aromatic carbocycles. The number of nitrogens with zero attached hydrogens (tertiary/aromatic N) is 1. The van der Waals surface area contributed by atoms with Gasteiger partial charge in [0.15, 0.2) is 0 Å². The maximum absolute atomic E-state index is 13.4. The van der Waals surface area contributed by atoms with E-state index in [1.54, 1.807) is 43.3 Å². The lowest BCUT2D eigenvalue weighted by molar-refractivity contribution is 0.422. The fourth-order valence-corrected chi connectivity index (χ4v) is 7.25. The minimum Gasteiger partial charge on any atom is -0.206 e. The molecule has 152 valence electrons. The zero-order valence-corrected chi connectivity index (χ0v) is 17.7. The SMILES string of the molecule is CC(CCc1ccccc1)N(S(=O)(=O)c1ccccc1)S(=O)(=O)c1ccccc1. The minimum atomic E-state index is -4.27. The average Bonchev–Trinajstić information content (AvgIpc) is 2.74. The molecule has 0 aliphatic rings. The van der Waals surface area contributed by atoms with Crippen LogP contribution in [0.1, 0.15) is 18.9 Å². The summed E-state index contributed by atoms with van der Waals surface area (Å²) >= 11 is 0. The molecule has 0 heterocycles. The highest BCUT2D eigenvalue weighted by Crippen LogP contribution is 2.28. The van der Waals surface area contributed by atoms with Crippen LogP contribution in [0.5, 0.6) is 0 Å². The summed E-state index contributed by atoms with van der Waals surface area (Å²) in [6, 6.07) is 24.2. The molecule has 0 spiro atoms. The average molecular weight is 430 g/mol. The number of sulfonamides is 2. The van der Waals surface area contributed by atoms with E-state index in [2.05, 4.69) is 0 Å². The Morgan fingerprint density at radius 3 is 1.45 bits per heavy atom. The minimum absolute atomic E-state index is 0.0499. The Hall–Kier alpha value is -2.48. The van der Waals surface area contributed by atoms with Crippen molar-refractivity contribution in [1.29, 1.82) is 0 Å². The van der Waals surface area contributed by atoms with Crippen molar-refractivity contribution >= 4 is 20.0 Å². The third kappa shape index (κ3) is 4.75. The van der Waals surface area contributed by atoms with Crippen molar-refractivity contribution in [2.75, 3.05) is 0 Å². The van der Waals surface area contributed by atoms with Gasteiger partial charge in [0.05, 0.1) is 9.79 Å². The number of hydrogen-bond donors (Lipinski definition) is 0. The Kier molecular flexibility index (Phi) is 6.52. The quantitative estimate of drug-likeness (QED) is 0.541. The highest BCUT2D eigenvalue weighted by molar-refractivity contribution is 8.04. The van der Waals surface area contributed by atoms with Gasteiger partial charge in [-0.2, -0.15) is 0 Å². The van der Waals surface area contributed by atoms with Gasteiger partial charge in [0, 0.05) is 6.04 Å². The largest absolute Gasteiger partial charge is 0.256 e. The molecule has 1 unspecified atom stereocenters. The molecular formula is C22H23NO4S2. The van der Waals surface area contributed by atoms with E-state index in [0.29, 0.717) is 16.6 Å². The van der Waals surface area contributed by atoms with E-state index in [4.69, 9.17) is 0 Å². The predicted molar refractivity (Wildman–Crippen MR) is 113 cm³/mol. The van der Waals surface area contributed by atoms with Crippen molar-refractivity contribution in [3.63, 3.8) is 0 Å². The summed E-state index contributed by atoms with van der Waals surface area (Å²) in [5.74, 6) is 0. The van der Waals surface area contributed by atoms with Crippen LogP contribution in [-0.2, 0) is 26.5 Å². The standard InChI is InChI=1S/C22H23NO4S2/c1-19(17-18-20-11-5-2-6-12-20)23(28(24,25)21-13-7-3-8-14-21)29(26,27)22-15-9-4-10-16-22/h2-16,19H,17-18H2,1H3. The molecule has 0 N–H and O–H groups in total. The van der Waals surface area contributed by atoms with Crippen molar-refractivity contribution in [2.45, 2.75) is 35.6 Å². The number of rotatable bonds is 8. The van der Waals surface area contributed by atoms with Crippen LogP contribution >= 0.6 is 0 Å². The molecule has 0 bridgehead atoms. The first-order valence-electron chi connectivity index (χ1n) is 9.27. The second kappa shape index (κ2) is 8.90. The maximum atomic E-state index is 13.4. The lowest BCUT2D eigenvalue weighted by Gasteiger charge is -2.28. The highest BCUT2D eigenvalue weighted by Gasteiger charge is 2.40. The van der Waals surface area contributed by atoms with Crippen LogP contribution in [0.4, 0.5) is 0 Å². The van der Waals surface area contributed by atoms with Gasteiger partial charge >= 0.3 is 0 Å². The van der Waals surface area contributed by atoms with E-state index < -0.39 is 26.1 Å². The van der Waals surface area contributed by atoms with Crippen molar-refractivity contribution in [1.82, 2.24) is 3.71 Å². The monoisotopic (exact) mass is 429 g/mol. The van der Waals surface area contributed by atoms with Crippen LogP contribution in [0.25, 0.3) is 0 Å². The number of aryl methyl sites for hydroxylation is 1. The van der Waals surface area contributed by atoms with Gasteiger partial charge in [-0.15, -0.1) is 0 Å². The Balaban J connectivity index is 2.02. The van der Waals surface area contributed by atoms with Crippen LogP contribution in [0.2, 0.25) is 0 Å². The van der Waals surface area contributed by atoms with Crippen LogP contribution in [0, 0.1) is 0 Å². The summed E-state index contributed by atoms with van der Waals surface area (Å²) in [6.07, 6.45) is 0.926. The van der Waals surface area contributed by atoms with Crippen molar-refractivity contribution < 1.29 is 16.8 Å². The first-order valence-corrected chi connectivity index (χ1v) is 12.1. The number of hydrogen-bond acceptors (Lipinski definition) is 4. The van der Waals surface area contributed by atoms with Crippen molar-refractivity contribution in [3.8, 4) is 0 Å². The predicted octanol–water partition coefficient (Wildman–Crippen LogP) is 4.09. The molecular weight excluding hydrogens is 406 g/mol. The van der Waals surface area contributed by atoms with Gasteiger partial charge in [-0.1, -0.05) is 70.4 Å². The number of benzene rings is 3.